The molecule has 0 atom stereocenters. The molecule has 0 aliphatic rings. The monoisotopic (exact) mass is 448 g/mol. The number of rotatable bonds is 9. The summed E-state index contributed by atoms with van der Waals surface area (Å²) in [6.07, 6.45) is 0.158. The third kappa shape index (κ3) is 6.04. The largest absolute Gasteiger partial charge is 0.494 e. The maximum absolute atomic E-state index is 12.5. The summed E-state index contributed by atoms with van der Waals surface area (Å²) in [5.41, 5.74) is 3.42. The van der Waals surface area contributed by atoms with Gasteiger partial charge in [-0.05, 0) is 37.1 Å². The van der Waals surface area contributed by atoms with E-state index in [1.807, 2.05) is 38.1 Å². The second-order valence-electron chi connectivity index (χ2n) is 7.44. The van der Waals surface area contributed by atoms with E-state index < -0.39 is 0 Å². The van der Waals surface area contributed by atoms with E-state index in [2.05, 4.69) is 10.6 Å². The highest BCUT2D eigenvalue weighted by Gasteiger charge is 2.16. The number of amides is 2. The standard InChI is InChI=1S/C26H28N2O5/c1-17-9-8-10-18(2)25(17)33-14-13-24(29)27-20-15-23(32-4)21(16-22(20)31-3)28-26(30)19-11-6-5-7-12-19/h5-12,15-16H,13-14H2,1-4H3,(H,27,29)(H,28,30). The minimum atomic E-state index is -0.281. The van der Waals surface area contributed by atoms with Crippen molar-refractivity contribution in [3.05, 3.63) is 77.4 Å². The van der Waals surface area contributed by atoms with Crippen LogP contribution in [-0.4, -0.2) is 32.6 Å². The number of hydrogen-bond acceptors (Lipinski definition) is 5. The molecule has 7 nitrogen and oxygen atoms in total. The van der Waals surface area contributed by atoms with Gasteiger partial charge < -0.3 is 24.8 Å². The van der Waals surface area contributed by atoms with Crippen molar-refractivity contribution in [2.24, 2.45) is 0 Å². The van der Waals surface area contributed by atoms with E-state index in [-0.39, 0.29) is 24.8 Å². The summed E-state index contributed by atoms with van der Waals surface area (Å²) in [4.78, 5) is 25.1. The third-order valence-corrected chi connectivity index (χ3v) is 5.06. The Bertz CT molecular complexity index is 1110. The van der Waals surface area contributed by atoms with E-state index >= 15 is 0 Å². The average molecular weight is 449 g/mol. The van der Waals surface area contributed by atoms with Gasteiger partial charge >= 0.3 is 0 Å². The molecule has 0 unspecified atom stereocenters. The molecule has 33 heavy (non-hydrogen) atoms. The Kier molecular flexibility index (Phi) is 7.91. The minimum Gasteiger partial charge on any atom is -0.494 e. The number of carbonyl (C=O) groups excluding carboxylic acids is 2. The van der Waals surface area contributed by atoms with Gasteiger partial charge in [0.05, 0.1) is 38.6 Å². The van der Waals surface area contributed by atoms with Crippen LogP contribution in [0.2, 0.25) is 0 Å². The van der Waals surface area contributed by atoms with Gasteiger partial charge in [0, 0.05) is 17.7 Å². The van der Waals surface area contributed by atoms with Crippen molar-refractivity contribution in [3.63, 3.8) is 0 Å². The summed E-state index contributed by atoms with van der Waals surface area (Å²) in [7, 11) is 2.98. The van der Waals surface area contributed by atoms with Gasteiger partial charge in [0.2, 0.25) is 5.91 Å². The summed E-state index contributed by atoms with van der Waals surface area (Å²) >= 11 is 0. The lowest BCUT2D eigenvalue weighted by molar-refractivity contribution is -0.116. The van der Waals surface area contributed by atoms with Gasteiger partial charge in [0.25, 0.3) is 5.91 Å². The molecule has 2 amide bonds. The topological polar surface area (TPSA) is 85.9 Å². The Morgan fingerprint density at radius 2 is 1.36 bits per heavy atom. The van der Waals surface area contributed by atoms with Crippen LogP contribution in [-0.2, 0) is 4.79 Å². The van der Waals surface area contributed by atoms with E-state index in [4.69, 9.17) is 14.2 Å². The van der Waals surface area contributed by atoms with E-state index in [0.29, 0.717) is 28.4 Å². The molecular weight excluding hydrogens is 420 g/mol. The van der Waals surface area contributed by atoms with Crippen LogP contribution in [0.15, 0.2) is 60.7 Å². The molecule has 0 heterocycles. The zero-order valence-electron chi connectivity index (χ0n) is 19.2. The molecule has 0 saturated carbocycles. The van der Waals surface area contributed by atoms with Crippen molar-refractivity contribution >= 4 is 23.2 Å². The molecule has 7 heteroatoms. The molecule has 172 valence electrons. The molecule has 3 rings (SSSR count). The van der Waals surface area contributed by atoms with Crippen LogP contribution in [0.4, 0.5) is 11.4 Å². The number of carbonyl (C=O) groups is 2. The van der Waals surface area contributed by atoms with Gasteiger partial charge in [-0.2, -0.15) is 0 Å². The number of nitrogens with one attached hydrogen (secondary N) is 2. The molecule has 3 aromatic carbocycles. The zero-order chi connectivity index (χ0) is 23.8. The quantitative estimate of drug-likeness (QED) is 0.482. The van der Waals surface area contributed by atoms with E-state index in [9.17, 15) is 9.59 Å². The van der Waals surface area contributed by atoms with Gasteiger partial charge in [0.15, 0.2) is 0 Å². The second kappa shape index (κ2) is 11.0. The highest BCUT2D eigenvalue weighted by atomic mass is 16.5. The van der Waals surface area contributed by atoms with Crippen LogP contribution in [0.3, 0.4) is 0 Å². The number of hydrogen-bond donors (Lipinski definition) is 2. The average Bonchev–Trinajstić information content (AvgIpc) is 2.82. The molecule has 0 saturated heterocycles. The Morgan fingerprint density at radius 3 is 1.94 bits per heavy atom. The summed E-state index contributed by atoms with van der Waals surface area (Å²) in [5.74, 6) is 1.06. The first-order chi connectivity index (χ1) is 15.9. The van der Waals surface area contributed by atoms with E-state index in [1.54, 1.807) is 36.4 Å². The maximum atomic E-state index is 12.5. The summed E-state index contributed by atoms with van der Waals surface area (Å²) in [5, 5.41) is 5.65. The zero-order valence-corrected chi connectivity index (χ0v) is 19.2. The van der Waals surface area contributed by atoms with Gasteiger partial charge in [-0.1, -0.05) is 36.4 Å². The molecule has 2 N–H and O–H groups in total. The van der Waals surface area contributed by atoms with E-state index in [0.717, 1.165) is 16.9 Å². The first kappa shape index (κ1) is 23.7. The lowest BCUT2D eigenvalue weighted by atomic mass is 10.1. The lowest BCUT2D eigenvalue weighted by Crippen LogP contribution is -2.17. The van der Waals surface area contributed by atoms with Crippen LogP contribution < -0.4 is 24.8 Å². The molecular formula is C26H28N2O5. The normalized spacial score (nSPS) is 10.3. The Morgan fingerprint density at radius 1 is 0.788 bits per heavy atom. The van der Waals surface area contributed by atoms with Gasteiger partial charge in [0.1, 0.15) is 17.2 Å². The highest BCUT2D eigenvalue weighted by molar-refractivity contribution is 6.05. The first-order valence-corrected chi connectivity index (χ1v) is 10.5. The van der Waals surface area contributed by atoms with Crippen LogP contribution >= 0.6 is 0 Å². The van der Waals surface area contributed by atoms with Crippen LogP contribution in [0, 0.1) is 13.8 Å². The molecule has 0 aliphatic heterocycles. The first-order valence-electron chi connectivity index (χ1n) is 10.5. The van der Waals surface area contributed by atoms with Crippen molar-refractivity contribution in [2.45, 2.75) is 20.3 Å². The SMILES string of the molecule is COc1cc(NC(=O)c2ccccc2)c(OC)cc1NC(=O)CCOc1c(C)cccc1C. The smallest absolute Gasteiger partial charge is 0.255 e. The molecule has 0 bridgehead atoms. The predicted octanol–water partition coefficient (Wildman–Crippen LogP) is 4.98. The lowest BCUT2D eigenvalue weighted by Gasteiger charge is -2.16. The maximum Gasteiger partial charge on any atom is 0.255 e. The van der Waals surface area contributed by atoms with E-state index in [1.165, 1.54) is 14.2 Å². The minimum absolute atomic E-state index is 0.158. The van der Waals surface area contributed by atoms with Crippen LogP contribution in [0.25, 0.3) is 0 Å². The molecule has 0 aromatic heterocycles. The number of methoxy groups -OCH3 is 2. The van der Waals surface area contributed by atoms with Crippen LogP contribution in [0.1, 0.15) is 27.9 Å². The van der Waals surface area contributed by atoms with Crippen molar-refractivity contribution in [2.75, 3.05) is 31.5 Å². The highest BCUT2D eigenvalue weighted by Crippen LogP contribution is 2.36. The fourth-order valence-corrected chi connectivity index (χ4v) is 3.36. The second-order valence-corrected chi connectivity index (χ2v) is 7.44. The fraction of sp³-hybridized carbons (Fsp3) is 0.231. The number of para-hydroxylation sites is 1. The van der Waals surface area contributed by atoms with Gasteiger partial charge in [-0.15, -0.1) is 0 Å². The summed E-state index contributed by atoms with van der Waals surface area (Å²) in [6, 6.07) is 18.0. The molecule has 0 spiro atoms. The Hall–Kier alpha value is -4.00. The molecule has 0 aliphatic carbocycles. The molecule has 0 radical (unpaired) electrons. The number of aryl methyl sites for hydroxylation is 2. The molecule has 0 fully saturated rings. The summed E-state index contributed by atoms with van der Waals surface area (Å²) < 4.78 is 16.7. The van der Waals surface area contributed by atoms with Crippen LogP contribution in [0.5, 0.6) is 17.2 Å². The summed E-state index contributed by atoms with van der Waals surface area (Å²) in [6.45, 7) is 4.18. The van der Waals surface area contributed by atoms with Gasteiger partial charge in [-0.25, -0.2) is 0 Å². The molecule has 3 aromatic rings. The Labute approximate surface area is 193 Å². The fourth-order valence-electron chi connectivity index (χ4n) is 3.36. The predicted molar refractivity (Wildman–Crippen MR) is 129 cm³/mol. The van der Waals surface area contributed by atoms with Gasteiger partial charge in [-0.3, -0.25) is 9.59 Å². The number of benzene rings is 3. The van der Waals surface area contributed by atoms with Crippen molar-refractivity contribution in [1.82, 2.24) is 0 Å². The van der Waals surface area contributed by atoms with Crippen molar-refractivity contribution in [3.8, 4) is 17.2 Å². The van der Waals surface area contributed by atoms with Crippen molar-refractivity contribution in [1.29, 1.82) is 0 Å². The number of anilines is 2. The Balaban J connectivity index is 1.68. The number of ether oxygens (including phenoxy) is 3. The van der Waals surface area contributed by atoms with Crippen molar-refractivity contribution < 1.29 is 23.8 Å². The third-order valence-electron chi connectivity index (χ3n) is 5.06.